The molecule has 7 heteroatoms. The molecule has 4 N–H and O–H groups in total. The highest BCUT2D eigenvalue weighted by atomic mass is 16.5. The predicted molar refractivity (Wildman–Crippen MR) is 83.1 cm³/mol. The van der Waals surface area contributed by atoms with Crippen LogP contribution in [0.4, 0.5) is 10.5 Å². The van der Waals surface area contributed by atoms with Crippen LogP contribution >= 0.6 is 0 Å². The molecule has 1 aliphatic rings. The second-order valence-electron chi connectivity index (χ2n) is 5.42. The number of ether oxygens (including phenoxy) is 1. The molecular formula is C15H23N4O3+. The van der Waals surface area contributed by atoms with Crippen LogP contribution in [0.15, 0.2) is 24.3 Å². The Bertz CT molecular complexity index is 524. The Hall–Kier alpha value is -2.28. The normalized spacial score (nSPS) is 16.9. The molecule has 1 aliphatic heterocycles. The first-order chi connectivity index (χ1) is 10.5. The van der Waals surface area contributed by atoms with E-state index >= 15 is 0 Å². The van der Waals surface area contributed by atoms with Crippen molar-refractivity contribution in [2.75, 3.05) is 38.2 Å². The fourth-order valence-electron chi connectivity index (χ4n) is 2.69. The van der Waals surface area contributed by atoms with Gasteiger partial charge in [0, 0.05) is 5.69 Å². The second kappa shape index (κ2) is 7.13. The monoisotopic (exact) mass is 307 g/mol. The number of hydrogen-bond acceptors (Lipinski definition) is 4. The summed E-state index contributed by atoms with van der Waals surface area (Å²) < 4.78 is 5.16. The van der Waals surface area contributed by atoms with E-state index in [4.69, 9.17) is 10.5 Å². The molecule has 0 bridgehead atoms. The molecular weight excluding hydrogens is 284 g/mol. The molecule has 0 unspecified atom stereocenters. The van der Waals surface area contributed by atoms with Crippen molar-refractivity contribution in [1.29, 1.82) is 0 Å². The van der Waals surface area contributed by atoms with Crippen molar-refractivity contribution >= 4 is 17.6 Å². The molecule has 1 heterocycles. The highest BCUT2D eigenvalue weighted by molar-refractivity contribution is 5.95. The molecule has 0 radical (unpaired) electrons. The van der Waals surface area contributed by atoms with Gasteiger partial charge in [-0.25, -0.2) is 4.79 Å². The Kier molecular flexibility index (Phi) is 5.21. The number of piperazine rings is 1. The van der Waals surface area contributed by atoms with E-state index in [0.29, 0.717) is 0 Å². The summed E-state index contributed by atoms with van der Waals surface area (Å²) in [6, 6.07) is 6.87. The van der Waals surface area contributed by atoms with Gasteiger partial charge in [-0.3, -0.25) is 10.1 Å². The van der Waals surface area contributed by atoms with Crippen molar-refractivity contribution in [2.45, 2.75) is 13.0 Å². The zero-order valence-corrected chi connectivity index (χ0v) is 13.0. The number of benzene rings is 1. The van der Waals surface area contributed by atoms with E-state index in [-0.39, 0.29) is 11.9 Å². The van der Waals surface area contributed by atoms with Crippen molar-refractivity contribution in [2.24, 2.45) is 5.73 Å². The van der Waals surface area contributed by atoms with Gasteiger partial charge in [-0.1, -0.05) is 0 Å². The summed E-state index contributed by atoms with van der Waals surface area (Å²) in [7, 11) is 1.65. The van der Waals surface area contributed by atoms with Crippen molar-refractivity contribution < 1.29 is 19.2 Å². The molecule has 0 saturated carbocycles. The lowest BCUT2D eigenvalue weighted by Gasteiger charge is -2.35. The van der Waals surface area contributed by atoms with Gasteiger partial charge in [0.1, 0.15) is 5.75 Å². The molecule has 0 spiro atoms. The van der Waals surface area contributed by atoms with Crippen LogP contribution in [0.25, 0.3) is 0 Å². The number of nitrogens with two attached hydrogens (primary N) is 1. The average Bonchev–Trinajstić information content (AvgIpc) is 2.54. The fourth-order valence-corrected chi connectivity index (χ4v) is 2.69. The average molecular weight is 307 g/mol. The second-order valence-corrected chi connectivity index (χ2v) is 5.42. The van der Waals surface area contributed by atoms with Crippen molar-refractivity contribution in [3.63, 3.8) is 0 Å². The molecule has 2 rings (SSSR count). The third-order valence-electron chi connectivity index (χ3n) is 4.10. The van der Waals surface area contributed by atoms with Gasteiger partial charge in [-0.15, -0.1) is 0 Å². The number of quaternary nitrogens is 1. The Morgan fingerprint density at radius 3 is 2.36 bits per heavy atom. The van der Waals surface area contributed by atoms with Gasteiger partial charge in [0.15, 0.2) is 6.04 Å². The van der Waals surface area contributed by atoms with Gasteiger partial charge >= 0.3 is 6.03 Å². The standard InChI is InChI=1S/C15H22N4O3/c1-11(14(20)17-15(16)21)18-7-9-19(10-8-18)12-3-5-13(22-2)6-4-12/h3-6,11H,7-10H2,1-2H3,(H3,16,17,20,21)/p+1/t11-/m1/s1. The highest BCUT2D eigenvalue weighted by Crippen LogP contribution is 2.18. The van der Waals surface area contributed by atoms with Gasteiger partial charge < -0.3 is 20.3 Å². The van der Waals surface area contributed by atoms with E-state index in [1.807, 2.05) is 31.2 Å². The molecule has 0 aromatic heterocycles. The van der Waals surface area contributed by atoms with Crippen molar-refractivity contribution in [1.82, 2.24) is 5.32 Å². The fraction of sp³-hybridized carbons (Fsp3) is 0.467. The van der Waals surface area contributed by atoms with Crippen LogP contribution in [-0.2, 0) is 4.79 Å². The maximum atomic E-state index is 11.8. The summed E-state index contributed by atoms with van der Waals surface area (Å²) >= 11 is 0. The van der Waals surface area contributed by atoms with E-state index < -0.39 is 6.03 Å². The molecule has 1 aromatic carbocycles. The van der Waals surface area contributed by atoms with E-state index in [0.717, 1.165) is 42.5 Å². The number of nitrogens with zero attached hydrogens (tertiary/aromatic N) is 1. The van der Waals surface area contributed by atoms with Crippen LogP contribution in [0, 0.1) is 0 Å². The largest absolute Gasteiger partial charge is 0.497 e. The summed E-state index contributed by atoms with van der Waals surface area (Å²) in [6.07, 6.45) is 0. The van der Waals surface area contributed by atoms with Gasteiger partial charge in [0.05, 0.1) is 33.3 Å². The van der Waals surface area contributed by atoms with E-state index in [2.05, 4.69) is 10.2 Å². The highest BCUT2D eigenvalue weighted by Gasteiger charge is 2.29. The minimum absolute atomic E-state index is 0.287. The van der Waals surface area contributed by atoms with Gasteiger partial charge in [0.2, 0.25) is 0 Å². The van der Waals surface area contributed by atoms with Gasteiger partial charge in [-0.05, 0) is 31.2 Å². The Labute approximate surface area is 130 Å². The first kappa shape index (κ1) is 16.1. The molecule has 0 aliphatic carbocycles. The lowest BCUT2D eigenvalue weighted by molar-refractivity contribution is -0.914. The number of imide groups is 1. The molecule has 1 atom stereocenters. The first-order valence-electron chi connectivity index (χ1n) is 7.35. The number of nitrogens with one attached hydrogen (secondary N) is 2. The number of methoxy groups -OCH3 is 1. The molecule has 1 aromatic rings. The summed E-state index contributed by atoms with van der Waals surface area (Å²) in [5, 5.41) is 2.15. The third-order valence-corrected chi connectivity index (χ3v) is 4.10. The number of rotatable bonds is 4. The maximum absolute atomic E-state index is 11.8. The number of carbonyl (C=O) groups is 2. The first-order valence-corrected chi connectivity index (χ1v) is 7.35. The molecule has 1 saturated heterocycles. The van der Waals surface area contributed by atoms with Crippen molar-refractivity contribution in [3.8, 4) is 5.75 Å². The summed E-state index contributed by atoms with van der Waals surface area (Å²) in [6.45, 7) is 5.20. The Morgan fingerprint density at radius 1 is 1.27 bits per heavy atom. The summed E-state index contributed by atoms with van der Waals surface area (Å²) in [5.74, 6) is 0.519. The third kappa shape index (κ3) is 3.88. The van der Waals surface area contributed by atoms with Crippen LogP contribution in [0.5, 0.6) is 5.75 Å². The SMILES string of the molecule is COc1ccc(N2CC[NH+]([C@H](C)C(=O)NC(N)=O)CC2)cc1. The Balaban J connectivity index is 1.89. The zero-order valence-electron chi connectivity index (χ0n) is 13.0. The topological polar surface area (TPSA) is 89.1 Å². The number of urea groups is 1. The Morgan fingerprint density at radius 2 is 1.86 bits per heavy atom. The van der Waals surface area contributed by atoms with E-state index in [1.165, 1.54) is 0 Å². The summed E-state index contributed by atoms with van der Waals surface area (Å²) in [5.41, 5.74) is 6.13. The lowest BCUT2D eigenvalue weighted by atomic mass is 10.2. The zero-order chi connectivity index (χ0) is 16.1. The number of hydrogen-bond donors (Lipinski definition) is 3. The van der Waals surface area contributed by atoms with Crippen LogP contribution in [0.1, 0.15) is 6.92 Å². The van der Waals surface area contributed by atoms with E-state index in [1.54, 1.807) is 7.11 Å². The number of primary amides is 1. The smallest absolute Gasteiger partial charge is 0.319 e. The maximum Gasteiger partial charge on any atom is 0.319 e. The number of amides is 3. The molecule has 120 valence electrons. The van der Waals surface area contributed by atoms with Crippen LogP contribution in [0.2, 0.25) is 0 Å². The molecule has 22 heavy (non-hydrogen) atoms. The minimum Gasteiger partial charge on any atom is -0.497 e. The van der Waals surface area contributed by atoms with Crippen molar-refractivity contribution in [3.05, 3.63) is 24.3 Å². The molecule has 1 fully saturated rings. The van der Waals surface area contributed by atoms with Gasteiger partial charge in [-0.2, -0.15) is 0 Å². The molecule has 3 amide bonds. The number of anilines is 1. The summed E-state index contributed by atoms with van der Waals surface area (Å²) in [4.78, 5) is 26.0. The number of carbonyl (C=O) groups excluding carboxylic acids is 2. The minimum atomic E-state index is -0.798. The van der Waals surface area contributed by atoms with Crippen LogP contribution < -0.4 is 25.6 Å². The lowest BCUT2D eigenvalue weighted by Crippen LogP contribution is -3.19. The predicted octanol–water partition coefficient (Wildman–Crippen LogP) is -1.02. The van der Waals surface area contributed by atoms with Crippen LogP contribution in [0.3, 0.4) is 0 Å². The van der Waals surface area contributed by atoms with Crippen LogP contribution in [-0.4, -0.2) is 51.3 Å². The van der Waals surface area contributed by atoms with E-state index in [9.17, 15) is 9.59 Å². The quantitative estimate of drug-likeness (QED) is 0.664. The molecule has 7 nitrogen and oxygen atoms in total. The van der Waals surface area contributed by atoms with Gasteiger partial charge in [0.25, 0.3) is 5.91 Å².